The summed E-state index contributed by atoms with van der Waals surface area (Å²) in [5.74, 6) is -3.14. The average molecular weight is 795 g/mol. The van der Waals surface area contributed by atoms with Crippen LogP contribution in [0.4, 0.5) is 15.8 Å². The first kappa shape index (κ1) is 36.9. The number of aromatic amines is 1. The third-order valence-corrected chi connectivity index (χ3v) is 12.4. The van der Waals surface area contributed by atoms with Gasteiger partial charge in [-0.15, -0.1) is 0 Å². The van der Waals surface area contributed by atoms with E-state index in [9.17, 15) is 28.8 Å². The maximum absolute atomic E-state index is 15.5. The second kappa shape index (κ2) is 14.4. The molecule has 16 heteroatoms. The van der Waals surface area contributed by atoms with Crippen molar-refractivity contribution in [3.8, 4) is 11.1 Å². The van der Waals surface area contributed by atoms with Crippen molar-refractivity contribution in [2.45, 2.75) is 56.5 Å². The summed E-state index contributed by atoms with van der Waals surface area (Å²) < 4.78 is 15.5. The Kier molecular flexibility index (Phi) is 9.31. The van der Waals surface area contributed by atoms with Gasteiger partial charge in [-0.3, -0.25) is 43.9 Å². The lowest BCUT2D eigenvalue weighted by molar-refractivity contribution is -0.138. The SMILES string of the molecule is CN(CC(=O)N1CCN(c2cccc(-c3cnc4[nH]cc(C5CC5)c4c3Cl)c2)C(=O)C1)C1CCN(c2cc3c(cc2F)C(=O)N(C2CCC(=O)NC2=O)C3=O)CC1. The van der Waals surface area contributed by atoms with Gasteiger partial charge in [0.15, 0.2) is 0 Å². The van der Waals surface area contributed by atoms with Crippen molar-refractivity contribution in [1.82, 2.24) is 30.0 Å². The normalized spacial score (nSPS) is 20.6. The summed E-state index contributed by atoms with van der Waals surface area (Å²) in [6.45, 7) is 1.67. The minimum absolute atomic E-state index is 0.00853. The van der Waals surface area contributed by atoms with Crippen LogP contribution >= 0.6 is 11.6 Å². The molecule has 9 rings (SSSR count). The number of nitrogens with one attached hydrogen (secondary N) is 2. The van der Waals surface area contributed by atoms with Crippen LogP contribution in [0.5, 0.6) is 0 Å². The Morgan fingerprint density at radius 2 is 1.70 bits per heavy atom. The summed E-state index contributed by atoms with van der Waals surface area (Å²) in [6, 6.07) is 8.97. The number of hydrogen-bond acceptors (Lipinski definition) is 9. The van der Waals surface area contributed by atoms with Crippen molar-refractivity contribution < 1.29 is 33.2 Å². The number of nitrogens with zero attached hydrogens (tertiary/aromatic N) is 6. The zero-order chi connectivity index (χ0) is 39.7. The fraction of sp³-hybridized carbons (Fsp3) is 0.390. The first-order valence-electron chi connectivity index (χ1n) is 19.3. The number of aromatic nitrogens is 2. The van der Waals surface area contributed by atoms with Gasteiger partial charge in [-0.25, -0.2) is 9.37 Å². The van der Waals surface area contributed by atoms with Crippen LogP contribution in [0, 0.1) is 5.82 Å². The molecule has 4 aliphatic heterocycles. The molecule has 0 bridgehead atoms. The number of halogens is 2. The molecule has 6 amide bonds. The minimum atomic E-state index is -1.13. The number of rotatable bonds is 8. The maximum Gasteiger partial charge on any atom is 0.262 e. The van der Waals surface area contributed by atoms with Crippen molar-refractivity contribution in [3.63, 3.8) is 0 Å². The van der Waals surface area contributed by atoms with Gasteiger partial charge in [0.05, 0.1) is 28.4 Å². The molecule has 57 heavy (non-hydrogen) atoms. The molecule has 0 spiro atoms. The number of anilines is 2. The lowest BCUT2D eigenvalue weighted by atomic mass is 10.0. The number of imide groups is 2. The highest BCUT2D eigenvalue weighted by atomic mass is 35.5. The van der Waals surface area contributed by atoms with Crippen molar-refractivity contribution in [3.05, 3.63) is 76.3 Å². The molecule has 2 aromatic carbocycles. The number of pyridine rings is 1. The molecule has 6 heterocycles. The van der Waals surface area contributed by atoms with Crippen molar-refractivity contribution in [2.75, 3.05) is 56.1 Å². The third kappa shape index (κ3) is 6.61. The Labute approximate surface area is 331 Å². The van der Waals surface area contributed by atoms with Crippen LogP contribution in [0.1, 0.15) is 70.7 Å². The van der Waals surface area contributed by atoms with Crippen LogP contribution in [-0.2, 0) is 19.2 Å². The number of fused-ring (bicyclic) bond motifs is 2. The van der Waals surface area contributed by atoms with Gasteiger partial charge >= 0.3 is 0 Å². The summed E-state index contributed by atoms with van der Waals surface area (Å²) in [5.41, 5.74) is 4.43. The van der Waals surface area contributed by atoms with Crippen LogP contribution in [0.2, 0.25) is 5.02 Å². The second-order valence-electron chi connectivity index (χ2n) is 15.6. The standard InChI is InChI=1S/C41H40ClFN8O6/c1-47(24-9-11-48(12-10-24)32-17-27-26(16-30(32)43)40(56)51(41(27)57)31-7-8-33(52)46-39(31)55)20-34(53)49-13-14-50(35(54)21-49)25-4-2-3-23(15-25)29-19-45-38-36(37(29)42)28(18-44-38)22-5-6-22/h2-4,15-19,22,24,31H,5-14,20-21H2,1H3,(H,44,45)(H,46,52,55). The first-order valence-corrected chi connectivity index (χ1v) is 19.7. The van der Waals surface area contributed by atoms with E-state index >= 15 is 4.39 Å². The van der Waals surface area contributed by atoms with Gasteiger partial charge in [-0.2, -0.15) is 0 Å². The van der Waals surface area contributed by atoms with Gasteiger partial charge in [0.2, 0.25) is 23.6 Å². The quantitative estimate of drug-likeness (QED) is 0.251. The summed E-state index contributed by atoms with van der Waals surface area (Å²) >= 11 is 6.97. The topological polar surface area (TPSA) is 159 Å². The van der Waals surface area contributed by atoms with E-state index in [4.69, 9.17) is 11.6 Å². The van der Waals surface area contributed by atoms with E-state index in [-0.39, 0.29) is 60.6 Å². The second-order valence-corrected chi connectivity index (χ2v) is 15.9. The molecule has 4 fully saturated rings. The van der Waals surface area contributed by atoms with E-state index in [0.29, 0.717) is 50.0 Å². The fourth-order valence-electron chi connectivity index (χ4n) is 8.71. The summed E-state index contributed by atoms with van der Waals surface area (Å²) in [5, 5.41) is 3.75. The highest BCUT2D eigenvalue weighted by Gasteiger charge is 2.45. The van der Waals surface area contributed by atoms with E-state index < -0.39 is 35.5 Å². The molecule has 1 saturated carbocycles. The first-order chi connectivity index (χ1) is 27.5. The molecule has 2 aromatic heterocycles. The summed E-state index contributed by atoms with van der Waals surface area (Å²) in [6.07, 6.45) is 7.26. The number of carbonyl (C=O) groups is 6. The largest absolute Gasteiger partial charge is 0.369 e. The summed E-state index contributed by atoms with van der Waals surface area (Å²) in [7, 11) is 1.87. The zero-order valence-corrected chi connectivity index (χ0v) is 32.0. The molecule has 4 aromatic rings. The molecular weight excluding hydrogens is 755 g/mol. The van der Waals surface area contributed by atoms with Crippen molar-refractivity contribution in [2.24, 2.45) is 0 Å². The predicted molar refractivity (Wildman–Crippen MR) is 208 cm³/mol. The molecule has 1 unspecified atom stereocenters. The molecule has 1 aliphatic carbocycles. The number of likely N-dealkylation sites (N-methyl/N-ethyl adjacent to an activating group) is 1. The molecule has 2 N–H and O–H groups in total. The number of benzene rings is 2. The van der Waals surface area contributed by atoms with Gasteiger partial charge in [0.1, 0.15) is 24.1 Å². The molecule has 3 saturated heterocycles. The van der Waals surface area contributed by atoms with Crippen LogP contribution in [0.15, 0.2) is 48.8 Å². The van der Waals surface area contributed by atoms with Crippen LogP contribution in [0.3, 0.4) is 0 Å². The maximum atomic E-state index is 15.5. The smallest absolute Gasteiger partial charge is 0.262 e. The van der Waals surface area contributed by atoms with Crippen molar-refractivity contribution >= 4 is 69.5 Å². The van der Waals surface area contributed by atoms with Gasteiger partial charge < -0.3 is 19.7 Å². The predicted octanol–water partition coefficient (Wildman–Crippen LogP) is 4.08. The van der Waals surface area contributed by atoms with Gasteiger partial charge in [0.25, 0.3) is 11.8 Å². The zero-order valence-electron chi connectivity index (χ0n) is 31.2. The van der Waals surface area contributed by atoms with E-state index in [1.165, 1.54) is 11.6 Å². The highest BCUT2D eigenvalue weighted by Crippen LogP contribution is 2.46. The number of amides is 6. The third-order valence-electron chi connectivity index (χ3n) is 12.0. The number of piperidine rings is 2. The Morgan fingerprint density at radius 3 is 2.42 bits per heavy atom. The molecule has 1 atom stereocenters. The highest BCUT2D eigenvalue weighted by molar-refractivity contribution is 6.38. The monoisotopic (exact) mass is 794 g/mol. The Morgan fingerprint density at radius 1 is 0.947 bits per heavy atom. The molecular formula is C41H40ClFN8O6. The van der Waals surface area contributed by atoms with Gasteiger partial charge in [-0.1, -0.05) is 23.7 Å². The Balaban J connectivity index is 0.799. The minimum Gasteiger partial charge on any atom is -0.369 e. The van der Waals surface area contributed by atoms with Gasteiger partial charge in [-0.05, 0) is 80.5 Å². The number of carbonyl (C=O) groups excluding carboxylic acids is 6. The van der Waals surface area contributed by atoms with E-state index in [2.05, 4.69) is 15.3 Å². The molecule has 5 aliphatic rings. The number of hydrogen-bond donors (Lipinski definition) is 2. The Hall–Kier alpha value is -5.67. The van der Waals surface area contributed by atoms with Gasteiger partial charge in [0, 0.05) is 67.7 Å². The van der Waals surface area contributed by atoms with E-state index in [1.807, 2.05) is 47.3 Å². The van der Waals surface area contributed by atoms with E-state index in [1.54, 1.807) is 16.0 Å². The van der Waals surface area contributed by atoms with Crippen LogP contribution < -0.4 is 15.1 Å². The molecule has 294 valence electrons. The van der Waals surface area contributed by atoms with Crippen LogP contribution in [-0.4, -0.2) is 119 Å². The number of piperazine rings is 1. The summed E-state index contributed by atoms with van der Waals surface area (Å²) in [4.78, 5) is 93.2. The average Bonchev–Trinajstić information content (AvgIpc) is 3.91. The lowest BCUT2D eigenvalue weighted by Gasteiger charge is -2.39. The fourth-order valence-corrected chi connectivity index (χ4v) is 9.07. The molecule has 0 radical (unpaired) electrons. The Bertz CT molecular complexity index is 2390. The lowest BCUT2D eigenvalue weighted by Crippen LogP contribution is -2.55. The van der Waals surface area contributed by atoms with Crippen molar-refractivity contribution in [1.29, 1.82) is 0 Å². The van der Waals surface area contributed by atoms with Crippen LogP contribution in [0.25, 0.3) is 22.2 Å². The van der Waals surface area contributed by atoms with E-state index in [0.717, 1.165) is 51.7 Å². The molecule has 14 nitrogen and oxygen atoms in total. The number of H-pyrrole nitrogens is 1.